The monoisotopic (exact) mass is 357 g/mol. The number of nitrogens with zero attached hydrogens (tertiary/aromatic N) is 1. The molecule has 0 N–H and O–H groups in total. The van der Waals surface area contributed by atoms with Gasteiger partial charge < -0.3 is 4.57 Å². The molecule has 0 bridgehead atoms. The SMILES string of the molecule is O=C(c1ccc(C(F)(F)F)cc1)c1cn(C2CCCC2)c2ccccc12. The van der Waals surface area contributed by atoms with Crippen molar-refractivity contribution in [3.63, 3.8) is 0 Å². The molecule has 0 aliphatic heterocycles. The van der Waals surface area contributed by atoms with E-state index in [-0.39, 0.29) is 11.3 Å². The number of alkyl halides is 3. The molecule has 0 saturated heterocycles. The first-order chi connectivity index (χ1) is 12.4. The average Bonchev–Trinajstić information content (AvgIpc) is 3.28. The van der Waals surface area contributed by atoms with Gasteiger partial charge in [0.2, 0.25) is 0 Å². The molecule has 26 heavy (non-hydrogen) atoms. The van der Waals surface area contributed by atoms with Gasteiger partial charge in [-0.1, -0.05) is 43.2 Å². The highest BCUT2D eigenvalue weighted by molar-refractivity contribution is 6.16. The van der Waals surface area contributed by atoms with Crippen molar-refractivity contribution in [2.24, 2.45) is 0 Å². The van der Waals surface area contributed by atoms with E-state index in [0.717, 1.165) is 35.9 Å². The van der Waals surface area contributed by atoms with E-state index in [2.05, 4.69) is 4.57 Å². The van der Waals surface area contributed by atoms with Crippen LogP contribution < -0.4 is 0 Å². The van der Waals surface area contributed by atoms with Crippen LogP contribution in [0.3, 0.4) is 0 Å². The Morgan fingerprint density at radius 1 is 0.962 bits per heavy atom. The van der Waals surface area contributed by atoms with E-state index < -0.39 is 11.7 Å². The van der Waals surface area contributed by atoms with Crippen LogP contribution in [-0.4, -0.2) is 10.4 Å². The number of halogens is 3. The molecule has 2 aromatic carbocycles. The van der Waals surface area contributed by atoms with E-state index in [1.165, 1.54) is 25.0 Å². The van der Waals surface area contributed by atoms with Crippen LogP contribution >= 0.6 is 0 Å². The molecule has 1 heterocycles. The van der Waals surface area contributed by atoms with E-state index >= 15 is 0 Å². The topological polar surface area (TPSA) is 22.0 Å². The third-order valence-electron chi connectivity index (χ3n) is 5.18. The average molecular weight is 357 g/mol. The molecule has 1 fully saturated rings. The Balaban J connectivity index is 1.75. The molecule has 134 valence electrons. The van der Waals surface area contributed by atoms with Crippen LogP contribution in [0.15, 0.2) is 54.7 Å². The summed E-state index contributed by atoms with van der Waals surface area (Å²) in [7, 11) is 0. The van der Waals surface area contributed by atoms with Gasteiger partial charge in [0.05, 0.1) is 5.56 Å². The number of carbonyl (C=O) groups is 1. The van der Waals surface area contributed by atoms with Gasteiger partial charge in [-0.25, -0.2) is 0 Å². The van der Waals surface area contributed by atoms with Gasteiger partial charge in [0.15, 0.2) is 5.78 Å². The molecule has 0 amide bonds. The lowest BCUT2D eigenvalue weighted by Gasteiger charge is -2.12. The molecule has 1 aromatic heterocycles. The Bertz CT molecular complexity index is 948. The molecule has 4 rings (SSSR count). The number of aromatic nitrogens is 1. The summed E-state index contributed by atoms with van der Waals surface area (Å²) in [6.45, 7) is 0. The predicted molar refractivity (Wildman–Crippen MR) is 94.3 cm³/mol. The molecule has 1 aliphatic carbocycles. The highest BCUT2D eigenvalue weighted by atomic mass is 19.4. The number of rotatable bonds is 3. The van der Waals surface area contributed by atoms with E-state index in [0.29, 0.717) is 11.6 Å². The van der Waals surface area contributed by atoms with Gasteiger partial charge in [-0.15, -0.1) is 0 Å². The molecule has 0 atom stereocenters. The summed E-state index contributed by atoms with van der Waals surface area (Å²) in [6.07, 6.45) is 2.01. The number of ketones is 1. The summed E-state index contributed by atoms with van der Waals surface area (Å²) in [5.41, 5.74) is 1.08. The molecular formula is C21H18F3NO. The van der Waals surface area contributed by atoms with Crippen LogP contribution in [0, 0.1) is 0 Å². The number of benzene rings is 2. The quantitative estimate of drug-likeness (QED) is 0.527. The number of carbonyl (C=O) groups excluding carboxylic acids is 1. The fourth-order valence-electron chi connectivity index (χ4n) is 3.84. The van der Waals surface area contributed by atoms with Crippen molar-refractivity contribution < 1.29 is 18.0 Å². The number of para-hydroxylation sites is 1. The highest BCUT2D eigenvalue weighted by Gasteiger charge is 2.30. The van der Waals surface area contributed by atoms with Gasteiger partial charge in [0.1, 0.15) is 0 Å². The highest BCUT2D eigenvalue weighted by Crippen LogP contribution is 2.35. The summed E-state index contributed by atoms with van der Waals surface area (Å²) in [5, 5.41) is 0.851. The fourth-order valence-corrected chi connectivity index (χ4v) is 3.84. The van der Waals surface area contributed by atoms with Crippen molar-refractivity contribution in [3.05, 3.63) is 71.4 Å². The second-order valence-electron chi connectivity index (χ2n) is 6.81. The number of fused-ring (bicyclic) bond motifs is 1. The maximum atomic E-state index is 13.0. The first-order valence-corrected chi connectivity index (χ1v) is 8.76. The van der Waals surface area contributed by atoms with Gasteiger partial charge in [0.25, 0.3) is 0 Å². The van der Waals surface area contributed by atoms with Crippen LogP contribution in [-0.2, 0) is 6.18 Å². The Kier molecular flexibility index (Phi) is 4.10. The number of hydrogen-bond donors (Lipinski definition) is 0. The van der Waals surface area contributed by atoms with Crippen molar-refractivity contribution in [2.75, 3.05) is 0 Å². The lowest BCUT2D eigenvalue weighted by atomic mass is 10.0. The summed E-state index contributed by atoms with van der Waals surface area (Å²) in [5.74, 6) is -0.244. The van der Waals surface area contributed by atoms with Gasteiger partial charge in [-0.3, -0.25) is 4.79 Å². The van der Waals surface area contributed by atoms with Crippen molar-refractivity contribution >= 4 is 16.7 Å². The van der Waals surface area contributed by atoms with Crippen LogP contribution in [0.25, 0.3) is 10.9 Å². The van der Waals surface area contributed by atoms with Crippen molar-refractivity contribution in [1.29, 1.82) is 0 Å². The zero-order valence-corrected chi connectivity index (χ0v) is 14.1. The Hall–Kier alpha value is -2.56. The molecule has 0 spiro atoms. The van der Waals surface area contributed by atoms with Crippen molar-refractivity contribution in [3.8, 4) is 0 Å². The summed E-state index contributed by atoms with van der Waals surface area (Å²) < 4.78 is 40.4. The molecule has 2 nitrogen and oxygen atoms in total. The van der Waals surface area contributed by atoms with Gasteiger partial charge in [0, 0.05) is 34.3 Å². The Labute approximate surface area is 149 Å². The lowest BCUT2D eigenvalue weighted by molar-refractivity contribution is -0.137. The molecule has 3 aromatic rings. The van der Waals surface area contributed by atoms with E-state index in [1.54, 1.807) is 0 Å². The summed E-state index contributed by atoms with van der Waals surface area (Å²) >= 11 is 0. The van der Waals surface area contributed by atoms with Crippen LogP contribution in [0.5, 0.6) is 0 Å². The van der Waals surface area contributed by atoms with Gasteiger partial charge >= 0.3 is 6.18 Å². The molecule has 5 heteroatoms. The molecule has 1 saturated carbocycles. The maximum Gasteiger partial charge on any atom is 0.416 e. The first-order valence-electron chi connectivity index (χ1n) is 8.76. The van der Waals surface area contributed by atoms with Crippen molar-refractivity contribution in [2.45, 2.75) is 37.9 Å². The van der Waals surface area contributed by atoms with Crippen molar-refractivity contribution in [1.82, 2.24) is 4.57 Å². The van der Waals surface area contributed by atoms with Gasteiger partial charge in [-0.05, 0) is 31.0 Å². The minimum atomic E-state index is -4.40. The largest absolute Gasteiger partial charge is 0.416 e. The fraction of sp³-hybridized carbons (Fsp3) is 0.286. The minimum Gasteiger partial charge on any atom is -0.344 e. The smallest absolute Gasteiger partial charge is 0.344 e. The van der Waals surface area contributed by atoms with Crippen LogP contribution in [0.1, 0.15) is 53.2 Å². The normalized spacial score (nSPS) is 15.7. The first kappa shape index (κ1) is 16.9. The van der Waals surface area contributed by atoms with Gasteiger partial charge in [-0.2, -0.15) is 13.2 Å². The third kappa shape index (κ3) is 2.91. The Morgan fingerprint density at radius 3 is 2.27 bits per heavy atom. The predicted octanol–water partition coefficient (Wildman–Crippen LogP) is 6.01. The molecule has 0 radical (unpaired) electrons. The minimum absolute atomic E-state index is 0.244. The van der Waals surface area contributed by atoms with Crippen LogP contribution in [0.4, 0.5) is 13.2 Å². The van der Waals surface area contributed by atoms with E-state index in [1.807, 2.05) is 30.5 Å². The van der Waals surface area contributed by atoms with E-state index in [4.69, 9.17) is 0 Å². The molecule has 1 aliphatic rings. The summed E-state index contributed by atoms with van der Waals surface area (Å²) in [4.78, 5) is 13.0. The third-order valence-corrected chi connectivity index (χ3v) is 5.18. The summed E-state index contributed by atoms with van der Waals surface area (Å²) in [6, 6.07) is 12.5. The second kappa shape index (κ2) is 6.31. The lowest BCUT2D eigenvalue weighted by Crippen LogP contribution is -2.07. The Morgan fingerprint density at radius 2 is 1.62 bits per heavy atom. The molecular weight excluding hydrogens is 339 g/mol. The molecule has 0 unspecified atom stereocenters. The standard InChI is InChI=1S/C21H18F3NO/c22-21(23,24)15-11-9-14(10-12-15)20(26)18-13-25(16-5-1-2-6-16)19-8-4-3-7-17(18)19/h3-4,7-13,16H,1-2,5-6H2. The second-order valence-corrected chi connectivity index (χ2v) is 6.81. The maximum absolute atomic E-state index is 13.0. The van der Waals surface area contributed by atoms with E-state index in [9.17, 15) is 18.0 Å². The zero-order chi connectivity index (χ0) is 18.3. The number of hydrogen-bond acceptors (Lipinski definition) is 1. The zero-order valence-electron chi connectivity index (χ0n) is 14.1. The van der Waals surface area contributed by atoms with Crippen LogP contribution in [0.2, 0.25) is 0 Å².